The van der Waals surface area contributed by atoms with Crippen LogP contribution in [0.5, 0.6) is 0 Å². The van der Waals surface area contributed by atoms with Crippen molar-refractivity contribution in [3.05, 3.63) is 30.3 Å². The van der Waals surface area contributed by atoms with Gasteiger partial charge in [-0.1, -0.05) is 18.2 Å². The smallest absolute Gasteiger partial charge is 0.241 e. The van der Waals surface area contributed by atoms with Crippen LogP contribution in [0.25, 0.3) is 0 Å². The van der Waals surface area contributed by atoms with E-state index in [4.69, 9.17) is 0 Å². The Morgan fingerprint density at radius 1 is 1.07 bits per heavy atom. The van der Waals surface area contributed by atoms with Crippen LogP contribution in [0.3, 0.4) is 0 Å². The van der Waals surface area contributed by atoms with Crippen LogP contribution in [0, 0.1) is 5.92 Å². The van der Waals surface area contributed by atoms with Crippen molar-refractivity contribution in [2.45, 2.75) is 43.0 Å². The van der Waals surface area contributed by atoms with Gasteiger partial charge in [0.2, 0.25) is 21.8 Å². The second kappa shape index (κ2) is 10.6. The Hall–Kier alpha value is -1.58. The zero-order chi connectivity index (χ0) is 21.6. The van der Waals surface area contributed by atoms with E-state index in [9.17, 15) is 18.0 Å². The second-order valence-corrected chi connectivity index (χ2v) is 10.6. The van der Waals surface area contributed by atoms with Crippen molar-refractivity contribution >= 4 is 33.6 Å². The van der Waals surface area contributed by atoms with Gasteiger partial charge < -0.3 is 9.80 Å². The maximum atomic E-state index is 13.1. The van der Waals surface area contributed by atoms with Crippen molar-refractivity contribution in [1.29, 1.82) is 0 Å². The van der Waals surface area contributed by atoms with Crippen LogP contribution < -0.4 is 4.72 Å². The predicted octanol–water partition coefficient (Wildman–Crippen LogP) is 1.95. The lowest BCUT2D eigenvalue weighted by Gasteiger charge is -2.35. The maximum Gasteiger partial charge on any atom is 0.241 e. The molecule has 1 atom stereocenters. The highest BCUT2D eigenvalue weighted by Gasteiger charge is 2.34. The molecule has 0 aromatic heterocycles. The van der Waals surface area contributed by atoms with Gasteiger partial charge in [-0.2, -0.15) is 16.5 Å². The third-order valence-corrected chi connectivity index (χ3v) is 7.96. The fraction of sp³-hybridized carbons (Fsp3) is 0.619. The van der Waals surface area contributed by atoms with E-state index in [0.29, 0.717) is 38.1 Å². The highest BCUT2D eigenvalue weighted by atomic mass is 32.2. The van der Waals surface area contributed by atoms with E-state index < -0.39 is 16.1 Å². The third-order valence-electron chi connectivity index (χ3n) is 5.83. The van der Waals surface area contributed by atoms with E-state index in [1.54, 1.807) is 34.9 Å². The standard InChI is InChI=1S/C21H31N3O4S2/c1-29-16-11-19(22-30(27,28)18-7-3-2-4-8-18)21(26)24-14-9-17(10-15-24)20(25)23-12-5-6-13-23/h2-4,7-8,17,19,22H,5-6,9-16H2,1H3. The Morgan fingerprint density at radius 3 is 2.30 bits per heavy atom. The molecular weight excluding hydrogens is 422 g/mol. The monoisotopic (exact) mass is 453 g/mol. The van der Waals surface area contributed by atoms with Crippen LogP contribution in [0.1, 0.15) is 32.1 Å². The summed E-state index contributed by atoms with van der Waals surface area (Å²) in [7, 11) is -3.78. The number of piperidine rings is 1. The molecule has 2 aliphatic rings. The SMILES string of the molecule is CSCCC(NS(=O)(=O)c1ccccc1)C(=O)N1CCC(C(=O)N2CCCC2)CC1. The summed E-state index contributed by atoms with van der Waals surface area (Å²) in [6.45, 7) is 2.67. The molecule has 7 nitrogen and oxygen atoms in total. The zero-order valence-corrected chi connectivity index (χ0v) is 19.1. The number of hydrogen-bond acceptors (Lipinski definition) is 5. The first-order chi connectivity index (χ1) is 14.4. The lowest BCUT2D eigenvalue weighted by molar-refractivity contribution is -0.140. The number of nitrogens with zero attached hydrogens (tertiary/aromatic N) is 2. The Bertz CT molecular complexity index is 818. The van der Waals surface area contributed by atoms with Gasteiger partial charge in [-0.25, -0.2) is 8.42 Å². The predicted molar refractivity (Wildman–Crippen MR) is 119 cm³/mol. The minimum Gasteiger partial charge on any atom is -0.342 e. The minimum absolute atomic E-state index is 0.0298. The fourth-order valence-electron chi connectivity index (χ4n) is 4.09. The molecule has 0 aliphatic carbocycles. The molecule has 0 saturated carbocycles. The third kappa shape index (κ3) is 5.76. The summed E-state index contributed by atoms with van der Waals surface area (Å²) in [4.78, 5) is 29.6. The number of likely N-dealkylation sites (tertiary alicyclic amines) is 2. The summed E-state index contributed by atoms with van der Waals surface area (Å²) in [6.07, 6.45) is 5.79. The van der Waals surface area contributed by atoms with Gasteiger partial charge >= 0.3 is 0 Å². The van der Waals surface area contributed by atoms with Crippen molar-refractivity contribution in [2.75, 3.05) is 38.2 Å². The largest absolute Gasteiger partial charge is 0.342 e. The lowest BCUT2D eigenvalue weighted by atomic mass is 9.95. The summed E-state index contributed by atoms with van der Waals surface area (Å²) >= 11 is 1.58. The van der Waals surface area contributed by atoms with Crippen LogP contribution >= 0.6 is 11.8 Å². The quantitative estimate of drug-likeness (QED) is 0.650. The van der Waals surface area contributed by atoms with E-state index in [0.717, 1.165) is 25.9 Å². The molecule has 1 aromatic rings. The molecule has 0 bridgehead atoms. The van der Waals surface area contributed by atoms with E-state index in [2.05, 4.69) is 4.72 Å². The molecule has 0 radical (unpaired) electrons. The van der Waals surface area contributed by atoms with Crippen LogP contribution in [0.15, 0.2) is 35.2 Å². The molecule has 3 rings (SSSR count). The van der Waals surface area contributed by atoms with Gasteiger partial charge in [-0.15, -0.1) is 0 Å². The molecule has 9 heteroatoms. The Labute approximate surface area is 183 Å². The van der Waals surface area contributed by atoms with Crippen molar-refractivity contribution in [2.24, 2.45) is 5.92 Å². The molecule has 2 fully saturated rings. The van der Waals surface area contributed by atoms with Gasteiger partial charge in [0, 0.05) is 32.1 Å². The number of carbonyl (C=O) groups excluding carboxylic acids is 2. The van der Waals surface area contributed by atoms with Crippen LogP contribution in [-0.2, 0) is 19.6 Å². The average Bonchev–Trinajstić information content (AvgIpc) is 3.31. The fourth-order valence-corrected chi connectivity index (χ4v) is 5.80. The van der Waals surface area contributed by atoms with Gasteiger partial charge in [-0.05, 0) is 56.2 Å². The molecule has 0 spiro atoms. The molecule has 1 N–H and O–H groups in total. The van der Waals surface area contributed by atoms with Crippen LogP contribution in [0.4, 0.5) is 0 Å². The molecule has 2 heterocycles. The van der Waals surface area contributed by atoms with E-state index in [1.165, 1.54) is 12.1 Å². The average molecular weight is 454 g/mol. The number of sulfonamides is 1. The van der Waals surface area contributed by atoms with Crippen molar-refractivity contribution in [1.82, 2.24) is 14.5 Å². The Morgan fingerprint density at radius 2 is 1.70 bits per heavy atom. The number of amides is 2. The number of hydrogen-bond donors (Lipinski definition) is 1. The summed E-state index contributed by atoms with van der Waals surface area (Å²) < 4.78 is 28.1. The number of thioether (sulfide) groups is 1. The lowest BCUT2D eigenvalue weighted by Crippen LogP contribution is -2.52. The van der Waals surface area contributed by atoms with E-state index >= 15 is 0 Å². The second-order valence-electron chi connectivity index (χ2n) is 7.90. The van der Waals surface area contributed by atoms with Gasteiger partial charge in [0.15, 0.2) is 0 Å². The van der Waals surface area contributed by atoms with Gasteiger partial charge in [0.05, 0.1) is 4.90 Å². The first kappa shape index (κ1) is 23.1. The topological polar surface area (TPSA) is 86.8 Å². The zero-order valence-electron chi connectivity index (χ0n) is 17.5. The summed E-state index contributed by atoms with van der Waals surface area (Å²) in [6, 6.07) is 7.32. The molecule has 1 aromatic carbocycles. The maximum absolute atomic E-state index is 13.1. The Kier molecular flexibility index (Phi) is 8.19. The summed E-state index contributed by atoms with van der Waals surface area (Å²) in [5.41, 5.74) is 0. The first-order valence-corrected chi connectivity index (χ1v) is 13.4. The van der Waals surface area contributed by atoms with Gasteiger partial charge in [0.25, 0.3) is 0 Å². The Balaban J connectivity index is 1.62. The highest BCUT2D eigenvalue weighted by Crippen LogP contribution is 2.23. The van der Waals surface area contributed by atoms with E-state index in [-0.39, 0.29) is 22.6 Å². The number of carbonyl (C=O) groups is 2. The molecule has 30 heavy (non-hydrogen) atoms. The van der Waals surface area contributed by atoms with Gasteiger partial charge in [0.1, 0.15) is 6.04 Å². The summed E-state index contributed by atoms with van der Waals surface area (Å²) in [5, 5.41) is 0. The highest BCUT2D eigenvalue weighted by molar-refractivity contribution is 7.98. The van der Waals surface area contributed by atoms with Gasteiger partial charge in [-0.3, -0.25) is 9.59 Å². The molecular formula is C21H31N3O4S2. The summed E-state index contributed by atoms with van der Waals surface area (Å²) in [5.74, 6) is 0.661. The van der Waals surface area contributed by atoms with Crippen molar-refractivity contribution in [3.63, 3.8) is 0 Å². The van der Waals surface area contributed by atoms with Crippen LogP contribution in [-0.4, -0.2) is 74.3 Å². The minimum atomic E-state index is -3.78. The molecule has 2 amide bonds. The molecule has 2 saturated heterocycles. The molecule has 166 valence electrons. The number of benzene rings is 1. The van der Waals surface area contributed by atoms with Crippen LogP contribution in [0.2, 0.25) is 0 Å². The molecule has 2 aliphatic heterocycles. The van der Waals surface area contributed by atoms with Crippen molar-refractivity contribution in [3.8, 4) is 0 Å². The normalized spacial score (nSPS) is 19.1. The van der Waals surface area contributed by atoms with E-state index in [1.807, 2.05) is 11.2 Å². The molecule has 1 unspecified atom stereocenters. The number of rotatable bonds is 8. The number of nitrogens with one attached hydrogen (secondary N) is 1. The first-order valence-electron chi connectivity index (χ1n) is 10.6. The van der Waals surface area contributed by atoms with Crippen molar-refractivity contribution < 1.29 is 18.0 Å².